The number of carbonyl (C=O) groups is 2. The van der Waals surface area contributed by atoms with Crippen LogP contribution in [0.15, 0.2) is 25.3 Å². The van der Waals surface area contributed by atoms with E-state index in [2.05, 4.69) is 22.6 Å². The number of ether oxygens (including phenoxy) is 2. The molecule has 0 heterocycles. The Morgan fingerprint density at radius 2 is 1.47 bits per heavy atom. The molecular weight excluding hydrogens is 222 g/mol. The average Bonchev–Trinajstić information content (AvgIpc) is 2.28. The molecule has 0 aromatic carbocycles. The van der Waals surface area contributed by atoms with E-state index in [4.69, 9.17) is 0 Å². The second kappa shape index (κ2) is 16.8. The molecule has 5 heteroatoms. The summed E-state index contributed by atoms with van der Waals surface area (Å²) in [7, 11) is 7.31. The van der Waals surface area contributed by atoms with Gasteiger partial charge in [-0.1, -0.05) is 13.2 Å². The van der Waals surface area contributed by atoms with E-state index < -0.39 is 5.97 Å². The lowest BCUT2D eigenvalue weighted by Gasteiger charge is -1.90. The minimum atomic E-state index is -0.394. The van der Waals surface area contributed by atoms with Crippen molar-refractivity contribution in [3.8, 4) is 0 Å². The maximum Gasteiger partial charge on any atom is 0.330 e. The van der Waals surface area contributed by atoms with Crippen LogP contribution in [-0.4, -0.2) is 51.7 Å². The van der Waals surface area contributed by atoms with Gasteiger partial charge in [-0.25, -0.2) is 9.59 Å². The number of hydrogen-bond donors (Lipinski definition) is 0. The van der Waals surface area contributed by atoms with Gasteiger partial charge >= 0.3 is 11.9 Å². The number of carbonyl (C=O) groups excluding carboxylic acids is 2. The molecule has 0 amide bonds. The van der Waals surface area contributed by atoms with Gasteiger partial charge in [-0.15, -0.1) is 0 Å². The van der Waals surface area contributed by atoms with E-state index in [1.54, 1.807) is 6.92 Å². The quantitative estimate of drug-likeness (QED) is 0.553. The van der Waals surface area contributed by atoms with Gasteiger partial charge in [0.05, 0.1) is 13.7 Å². The fourth-order valence-electron chi connectivity index (χ4n) is 0.285. The standard InChI is InChI=1S/C5H8O2.C4H6O2.C3H9N/c1-3-5(6)7-4-2;1-3-4(5)6-2;1-4(2)3/h3H,1,4H2,2H3;3H,1H2,2H3;1-3H3. The van der Waals surface area contributed by atoms with E-state index in [9.17, 15) is 9.59 Å². The molecule has 0 radical (unpaired) electrons. The first-order valence-electron chi connectivity index (χ1n) is 4.96. The van der Waals surface area contributed by atoms with Crippen molar-refractivity contribution in [3.63, 3.8) is 0 Å². The van der Waals surface area contributed by atoms with Crippen LogP contribution in [0, 0.1) is 0 Å². The molecule has 0 atom stereocenters. The predicted molar refractivity (Wildman–Crippen MR) is 68.7 cm³/mol. The molecule has 100 valence electrons. The van der Waals surface area contributed by atoms with Gasteiger partial charge in [0.25, 0.3) is 0 Å². The molecule has 5 nitrogen and oxygen atoms in total. The summed E-state index contributed by atoms with van der Waals surface area (Å²) in [6.07, 6.45) is 2.25. The molecule has 0 aromatic rings. The Balaban J connectivity index is -0.000000180. The highest BCUT2D eigenvalue weighted by atomic mass is 16.5. The lowest BCUT2D eigenvalue weighted by Crippen LogP contribution is -1.99. The van der Waals surface area contributed by atoms with Crippen LogP contribution >= 0.6 is 0 Å². The zero-order valence-corrected chi connectivity index (χ0v) is 11.4. The molecule has 0 spiro atoms. The van der Waals surface area contributed by atoms with Gasteiger partial charge in [0.1, 0.15) is 0 Å². The van der Waals surface area contributed by atoms with Crippen molar-refractivity contribution >= 4 is 11.9 Å². The van der Waals surface area contributed by atoms with Crippen LogP contribution in [0.4, 0.5) is 0 Å². The van der Waals surface area contributed by atoms with E-state index in [1.165, 1.54) is 7.11 Å². The second-order valence-electron chi connectivity index (χ2n) is 3.03. The van der Waals surface area contributed by atoms with E-state index in [0.717, 1.165) is 12.2 Å². The number of methoxy groups -OCH3 is 1. The Hall–Kier alpha value is -1.62. The predicted octanol–water partition coefficient (Wildman–Crippen LogP) is 1.26. The Kier molecular flexibility index (Phi) is 20.5. The Morgan fingerprint density at radius 1 is 1.12 bits per heavy atom. The first-order valence-corrected chi connectivity index (χ1v) is 4.96. The average molecular weight is 245 g/mol. The van der Waals surface area contributed by atoms with E-state index in [0.29, 0.717) is 6.61 Å². The van der Waals surface area contributed by atoms with Crippen molar-refractivity contribution in [2.45, 2.75) is 6.92 Å². The van der Waals surface area contributed by atoms with Crippen molar-refractivity contribution in [2.75, 3.05) is 34.9 Å². The second-order valence-corrected chi connectivity index (χ2v) is 3.03. The minimum Gasteiger partial charge on any atom is -0.466 e. The summed E-state index contributed by atoms with van der Waals surface area (Å²) in [6, 6.07) is 0. The molecule has 0 aliphatic carbocycles. The Bertz CT molecular complexity index is 222. The van der Waals surface area contributed by atoms with E-state index in [-0.39, 0.29) is 5.97 Å². The largest absolute Gasteiger partial charge is 0.466 e. The van der Waals surface area contributed by atoms with Crippen molar-refractivity contribution in [1.82, 2.24) is 4.90 Å². The van der Waals surface area contributed by atoms with Crippen molar-refractivity contribution in [3.05, 3.63) is 25.3 Å². The molecule has 0 saturated carbocycles. The maximum atomic E-state index is 10.1. The summed E-state index contributed by atoms with van der Waals surface area (Å²) in [5.41, 5.74) is 0. The molecule has 0 saturated heterocycles. The number of rotatable bonds is 3. The van der Waals surface area contributed by atoms with Crippen molar-refractivity contribution in [1.29, 1.82) is 0 Å². The Morgan fingerprint density at radius 3 is 1.53 bits per heavy atom. The minimum absolute atomic E-state index is 0.359. The van der Waals surface area contributed by atoms with E-state index >= 15 is 0 Å². The van der Waals surface area contributed by atoms with Crippen LogP contribution in [0.25, 0.3) is 0 Å². The molecule has 0 fully saturated rings. The fraction of sp³-hybridized carbons (Fsp3) is 0.500. The molecule has 17 heavy (non-hydrogen) atoms. The first-order chi connectivity index (χ1) is 7.85. The zero-order valence-electron chi connectivity index (χ0n) is 11.4. The van der Waals surface area contributed by atoms with Gasteiger partial charge in [0, 0.05) is 12.2 Å². The van der Waals surface area contributed by atoms with E-state index in [1.807, 2.05) is 26.0 Å². The fourth-order valence-corrected chi connectivity index (χ4v) is 0.285. The normalized spacial score (nSPS) is 7.65. The molecule has 0 rings (SSSR count). The third-order valence-corrected chi connectivity index (χ3v) is 0.821. The summed E-state index contributed by atoms with van der Waals surface area (Å²) in [4.78, 5) is 21.9. The van der Waals surface area contributed by atoms with Crippen LogP contribution in [-0.2, 0) is 19.1 Å². The lowest BCUT2D eigenvalue weighted by molar-refractivity contribution is -0.137. The van der Waals surface area contributed by atoms with Gasteiger partial charge < -0.3 is 14.4 Å². The van der Waals surface area contributed by atoms with Gasteiger partial charge in [0.15, 0.2) is 0 Å². The SMILES string of the molecule is C=CC(=O)OC.C=CC(=O)OCC.CN(C)C. The number of esters is 2. The van der Waals surface area contributed by atoms with Crippen molar-refractivity contribution < 1.29 is 19.1 Å². The molecule has 0 unspecified atom stereocenters. The van der Waals surface area contributed by atoms with Gasteiger partial charge in [-0.05, 0) is 28.1 Å². The Labute approximate surface area is 104 Å². The van der Waals surface area contributed by atoms with Gasteiger partial charge in [-0.2, -0.15) is 0 Å². The summed E-state index contributed by atoms with van der Waals surface area (Å²) >= 11 is 0. The monoisotopic (exact) mass is 245 g/mol. The van der Waals surface area contributed by atoms with Gasteiger partial charge in [-0.3, -0.25) is 0 Å². The third-order valence-electron chi connectivity index (χ3n) is 0.821. The smallest absolute Gasteiger partial charge is 0.330 e. The van der Waals surface area contributed by atoms with Crippen LogP contribution in [0.5, 0.6) is 0 Å². The molecule has 0 aliphatic heterocycles. The van der Waals surface area contributed by atoms with Crippen LogP contribution in [0.3, 0.4) is 0 Å². The highest BCUT2D eigenvalue weighted by molar-refractivity contribution is 5.81. The number of hydrogen-bond acceptors (Lipinski definition) is 5. The van der Waals surface area contributed by atoms with Gasteiger partial charge in [0.2, 0.25) is 0 Å². The summed E-state index contributed by atoms with van der Waals surface area (Å²) in [6.45, 7) is 8.53. The topological polar surface area (TPSA) is 55.8 Å². The highest BCUT2D eigenvalue weighted by Crippen LogP contribution is 1.74. The summed E-state index contributed by atoms with van der Waals surface area (Å²) < 4.78 is 8.58. The van der Waals surface area contributed by atoms with Crippen LogP contribution in [0.1, 0.15) is 6.92 Å². The van der Waals surface area contributed by atoms with Crippen LogP contribution in [0.2, 0.25) is 0 Å². The molecule has 0 aliphatic rings. The van der Waals surface area contributed by atoms with Crippen LogP contribution < -0.4 is 0 Å². The van der Waals surface area contributed by atoms with Crippen molar-refractivity contribution in [2.24, 2.45) is 0 Å². The molecule has 0 bridgehead atoms. The molecule has 0 N–H and O–H groups in total. The molecular formula is C12H23NO4. The third kappa shape index (κ3) is 40.5. The first kappa shape index (κ1) is 20.8. The molecule has 0 aromatic heterocycles. The lowest BCUT2D eigenvalue weighted by atomic mass is 10.6. The summed E-state index contributed by atoms with van der Waals surface area (Å²) in [5, 5.41) is 0. The zero-order chi connectivity index (χ0) is 14.3. The number of nitrogens with zero attached hydrogens (tertiary/aromatic N) is 1. The highest BCUT2D eigenvalue weighted by Gasteiger charge is 1.86. The maximum absolute atomic E-state index is 10.1. The summed E-state index contributed by atoms with van der Waals surface area (Å²) in [5.74, 6) is -0.752.